The summed E-state index contributed by atoms with van der Waals surface area (Å²) in [6.45, 7) is 16.0. The van der Waals surface area contributed by atoms with E-state index in [1.807, 2.05) is 6.26 Å². The van der Waals surface area contributed by atoms with Crippen LogP contribution in [0.15, 0.2) is 35.3 Å². The first kappa shape index (κ1) is 95.8. The van der Waals surface area contributed by atoms with E-state index in [9.17, 15) is 91.7 Å². The first-order valence-electron chi connectivity index (χ1n) is 35.7. The Morgan fingerprint density at radius 3 is 1.14 bits per heavy atom. The molecule has 1 rings (SSSR count). The number of carboxylic acid groups (broad SMARTS) is 2. The van der Waals surface area contributed by atoms with E-state index in [2.05, 4.69) is 68.8 Å². The third-order valence-corrected chi connectivity index (χ3v) is 16.8. The maximum absolute atomic E-state index is 14.7. The molecule has 15 amide bonds. The zero-order chi connectivity index (χ0) is 82.2. The van der Waals surface area contributed by atoms with Crippen molar-refractivity contribution in [3.8, 4) is 0 Å². The Morgan fingerprint density at radius 1 is 0.417 bits per heavy atom. The Balaban J connectivity index is 3.81. The van der Waals surface area contributed by atoms with Crippen molar-refractivity contribution < 1.29 is 91.7 Å². The molecule has 0 aliphatic carbocycles. The Bertz CT molecular complexity index is 3270. The van der Waals surface area contributed by atoms with Crippen molar-refractivity contribution in [2.75, 3.05) is 25.1 Å². The summed E-state index contributed by atoms with van der Waals surface area (Å²) in [7, 11) is 0. The number of rotatable bonds is 53. The number of benzene rings is 1. The number of nitrogens with zero attached hydrogens (tertiary/aromatic N) is 1. The highest BCUT2D eigenvalue weighted by atomic mass is 32.2. The molecule has 0 radical (unpaired) electrons. The molecule has 0 spiro atoms. The molecule has 26 N–H and O–H groups in total. The van der Waals surface area contributed by atoms with Crippen LogP contribution in [-0.2, 0) is 87.9 Å². The van der Waals surface area contributed by atoms with Crippen molar-refractivity contribution in [3.63, 3.8) is 0 Å². The van der Waals surface area contributed by atoms with E-state index in [1.165, 1.54) is 11.8 Å². The second-order valence-corrected chi connectivity index (χ2v) is 29.3. The molecule has 12 atom stereocenters. The molecule has 0 aliphatic rings. The van der Waals surface area contributed by atoms with Gasteiger partial charge in [-0.15, -0.1) is 0 Å². The monoisotopic (exact) mass is 1550 g/mol. The second kappa shape index (κ2) is 49.6. The Morgan fingerprint density at radius 2 is 0.769 bits per heavy atom. The van der Waals surface area contributed by atoms with Crippen LogP contribution in [0, 0.1) is 29.6 Å². The number of nitrogens with two attached hydrogens (primary N) is 6. The topological polar surface area (TPSA) is 643 Å². The van der Waals surface area contributed by atoms with E-state index in [4.69, 9.17) is 34.4 Å². The average Bonchev–Trinajstić information content (AvgIpc) is 0.861. The van der Waals surface area contributed by atoms with Crippen LogP contribution in [0.3, 0.4) is 0 Å². The number of carboxylic acids is 2. The fourth-order valence-electron chi connectivity index (χ4n) is 10.7. The maximum Gasteiger partial charge on any atom is 0.326 e. The summed E-state index contributed by atoms with van der Waals surface area (Å²) in [6.07, 6.45) is -2.94. The average molecular weight is 1550 g/mol. The van der Waals surface area contributed by atoms with Gasteiger partial charge in [-0.3, -0.25) is 81.7 Å². The number of nitrogens with one attached hydrogen (secondary N) is 12. The quantitative estimate of drug-likeness (QED) is 0.0166. The summed E-state index contributed by atoms with van der Waals surface area (Å²) in [5, 5.41) is 49.3. The van der Waals surface area contributed by atoms with Gasteiger partial charge in [0.1, 0.15) is 66.5 Å². The lowest BCUT2D eigenvalue weighted by atomic mass is 9.99. The minimum Gasteiger partial charge on any atom is -0.481 e. The third kappa shape index (κ3) is 39.4. The smallest absolute Gasteiger partial charge is 0.326 e. The number of amides is 15. The zero-order valence-electron chi connectivity index (χ0n) is 63.4. The van der Waals surface area contributed by atoms with Crippen LogP contribution in [0.5, 0.6) is 0 Å². The minimum atomic E-state index is -1.87. The number of carbonyl (C=O) groups is 17. The molecule has 0 saturated carbocycles. The summed E-state index contributed by atoms with van der Waals surface area (Å²) in [5.74, 6) is -19.6. The molecule has 0 aromatic heterocycles. The highest BCUT2D eigenvalue weighted by molar-refractivity contribution is 7.98. The van der Waals surface area contributed by atoms with Gasteiger partial charge in [-0.05, 0) is 105 Å². The number of thioether (sulfide) groups is 1. The predicted molar refractivity (Wildman–Crippen MR) is 398 cm³/mol. The van der Waals surface area contributed by atoms with Crippen molar-refractivity contribution in [2.24, 2.45) is 69.0 Å². The molecule has 606 valence electrons. The SMILES string of the molecule is CSCC[C@H](N)C(=O)NCC(=O)N[C@@H](CC(C)C)C(=O)N[C@@H](CCC(N)=O)C(=O)N[C@@H](CC(C)C)C(=O)N[C@@H](CC(N)=O)C(=O)N[C@@H](CC(C)C)C(=O)N[C@@H](CCCN=C(N)N)C(=O)N[C@@H](CCC(=O)O)C(=O)N[C@@H](Cc1ccccc1)C(=O)N[C@@H](CC(N)=O)C(=O)N[C@@H](CC(C)C)C(=O)N[C@H](C(=O)O)C(C)C. The van der Waals surface area contributed by atoms with Crippen LogP contribution in [0.4, 0.5) is 0 Å². The van der Waals surface area contributed by atoms with Gasteiger partial charge in [0.05, 0.1) is 25.4 Å². The Labute approximate surface area is 632 Å². The van der Waals surface area contributed by atoms with E-state index in [-0.39, 0.29) is 75.2 Å². The molecule has 38 nitrogen and oxygen atoms in total. The van der Waals surface area contributed by atoms with E-state index < -0.39 is 230 Å². The zero-order valence-corrected chi connectivity index (χ0v) is 64.2. The van der Waals surface area contributed by atoms with E-state index in [1.54, 1.807) is 99.6 Å². The van der Waals surface area contributed by atoms with Crippen LogP contribution in [0.1, 0.15) is 158 Å². The molecule has 1 aromatic carbocycles. The fraction of sp³-hybridized carbons (Fsp3) is 0.652. The van der Waals surface area contributed by atoms with Crippen LogP contribution < -0.4 is 98.2 Å². The summed E-state index contributed by atoms with van der Waals surface area (Å²) in [4.78, 5) is 234. The number of carbonyl (C=O) groups excluding carboxylic acids is 15. The van der Waals surface area contributed by atoms with Gasteiger partial charge in [0.25, 0.3) is 0 Å². The molecule has 0 fully saturated rings. The van der Waals surface area contributed by atoms with Gasteiger partial charge in [0, 0.05) is 25.8 Å². The van der Waals surface area contributed by atoms with Crippen molar-refractivity contribution in [3.05, 3.63) is 35.9 Å². The Kier molecular flexibility index (Phi) is 44.0. The number of primary amides is 3. The van der Waals surface area contributed by atoms with Crippen molar-refractivity contribution in [1.29, 1.82) is 0 Å². The number of guanidine groups is 1. The lowest BCUT2D eigenvalue weighted by Gasteiger charge is -2.29. The molecule has 0 bridgehead atoms. The molecule has 1 aromatic rings. The summed E-state index contributed by atoms with van der Waals surface area (Å²) >= 11 is 1.47. The normalized spacial score (nSPS) is 14.5. The van der Waals surface area contributed by atoms with Gasteiger partial charge < -0.3 is 108 Å². The van der Waals surface area contributed by atoms with Gasteiger partial charge in [0.2, 0.25) is 88.6 Å². The largest absolute Gasteiger partial charge is 0.481 e. The molecular formula is C69H115N19O19S. The summed E-state index contributed by atoms with van der Waals surface area (Å²) in [5.41, 5.74) is 34.0. The van der Waals surface area contributed by atoms with Crippen molar-refractivity contribution in [1.82, 2.24) is 63.8 Å². The van der Waals surface area contributed by atoms with Gasteiger partial charge >= 0.3 is 11.9 Å². The maximum atomic E-state index is 14.7. The molecule has 39 heteroatoms. The summed E-state index contributed by atoms with van der Waals surface area (Å²) in [6, 6.07) is -10.6. The Hall–Kier alpha value is -10.2. The first-order valence-corrected chi connectivity index (χ1v) is 37.1. The molecule has 108 heavy (non-hydrogen) atoms. The highest BCUT2D eigenvalue weighted by Crippen LogP contribution is 2.16. The lowest BCUT2D eigenvalue weighted by molar-refractivity contribution is -0.144. The van der Waals surface area contributed by atoms with Gasteiger partial charge in [-0.25, -0.2) is 4.79 Å². The molecule has 0 unspecified atom stereocenters. The molecule has 0 saturated heterocycles. The van der Waals surface area contributed by atoms with Crippen LogP contribution >= 0.6 is 11.8 Å². The molecule has 0 heterocycles. The number of hydrogen-bond donors (Lipinski definition) is 20. The summed E-state index contributed by atoms with van der Waals surface area (Å²) < 4.78 is 0. The van der Waals surface area contributed by atoms with Crippen molar-refractivity contribution >= 4 is 118 Å². The number of aliphatic imine (C=N–C) groups is 1. The molecule has 0 aliphatic heterocycles. The lowest BCUT2D eigenvalue weighted by Crippen LogP contribution is -2.61. The van der Waals surface area contributed by atoms with Crippen molar-refractivity contribution in [2.45, 2.75) is 232 Å². The standard InChI is InChI=1S/C69H115N19O19S/c1-34(2)26-44(78-54(92)33-77-57(95)40(70)23-25-108-11)61(99)81-42(19-21-51(71)89)59(97)82-46(28-36(5)6)63(101)86-49(31-52(72)90)65(103)83-45(27-35(3)4)62(100)79-41(18-15-24-76-69(74)75)58(96)80-43(20-22-55(93)94)60(98)85-48(30-39-16-13-12-14-17-39)64(102)87-50(32-53(73)91)66(104)84-47(29-37(7)8)67(105)88-56(38(9)10)68(106)107/h12-14,16-17,34-38,40-50,56H,15,18-33,70H2,1-11H3,(H2,71,89)(H2,72,90)(H2,73,91)(H,77,95)(H,78,92)(H,79,100)(H,80,96)(H,81,99)(H,82,97)(H,83,103)(H,84,104)(H,85,98)(H,86,101)(H,87,102)(H,88,105)(H,93,94)(H,106,107)(H4,74,75,76)/t40-,41-,42-,43-,44-,45-,46-,47-,48-,49-,50-,56-/m0/s1. The number of aliphatic carboxylic acids is 2. The van der Waals surface area contributed by atoms with Crippen LogP contribution in [0.25, 0.3) is 0 Å². The second-order valence-electron chi connectivity index (χ2n) is 28.3. The molecular weight excluding hydrogens is 1430 g/mol. The highest BCUT2D eigenvalue weighted by Gasteiger charge is 2.39. The van der Waals surface area contributed by atoms with E-state index in [0.29, 0.717) is 17.7 Å². The predicted octanol–water partition coefficient (Wildman–Crippen LogP) is -4.38. The minimum absolute atomic E-state index is 0.0319. The van der Waals surface area contributed by atoms with Gasteiger partial charge in [-0.2, -0.15) is 11.8 Å². The number of hydrogen-bond acceptors (Lipinski definition) is 20. The van der Waals surface area contributed by atoms with Gasteiger partial charge in [0.15, 0.2) is 5.96 Å². The van der Waals surface area contributed by atoms with Gasteiger partial charge in [-0.1, -0.05) is 99.6 Å². The third-order valence-electron chi connectivity index (χ3n) is 16.2. The fourth-order valence-corrected chi connectivity index (χ4v) is 11.2. The van der Waals surface area contributed by atoms with Crippen LogP contribution in [-0.4, -0.2) is 214 Å². The van der Waals surface area contributed by atoms with Crippen LogP contribution in [0.2, 0.25) is 0 Å². The first-order chi connectivity index (χ1) is 50.4. The van der Waals surface area contributed by atoms with E-state index in [0.717, 1.165) is 0 Å². The van der Waals surface area contributed by atoms with E-state index >= 15 is 0 Å².